The Morgan fingerprint density at radius 2 is 1.79 bits per heavy atom. The summed E-state index contributed by atoms with van der Waals surface area (Å²) >= 11 is 0. The van der Waals surface area contributed by atoms with Crippen molar-refractivity contribution in [1.29, 1.82) is 0 Å². The number of unbranched alkanes of at least 4 members (excludes halogenated alkanes) is 6. The van der Waals surface area contributed by atoms with Crippen molar-refractivity contribution >= 4 is 5.97 Å². The first-order chi connectivity index (χ1) is 9.27. The lowest BCUT2D eigenvalue weighted by atomic mass is 10.0. The third-order valence-corrected chi connectivity index (χ3v) is 3.93. The normalized spacial score (nSPS) is 16.3. The molecule has 0 radical (unpaired) electrons. The maximum Gasteiger partial charge on any atom is 0.322 e. The summed E-state index contributed by atoms with van der Waals surface area (Å²) in [5.41, 5.74) is 0. The molecular formula is C16H31NO2. The minimum Gasteiger partial charge on any atom is -0.468 e. The molecule has 0 bridgehead atoms. The molecule has 1 aliphatic carbocycles. The van der Waals surface area contributed by atoms with Crippen molar-refractivity contribution in [3.8, 4) is 0 Å². The molecule has 1 unspecified atom stereocenters. The van der Waals surface area contributed by atoms with Gasteiger partial charge in [-0.05, 0) is 31.7 Å². The van der Waals surface area contributed by atoms with Gasteiger partial charge in [0.25, 0.3) is 0 Å². The molecule has 1 atom stereocenters. The third-order valence-electron chi connectivity index (χ3n) is 3.93. The third kappa shape index (κ3) is 8.25. The summed E-state index contributed by atoms with van der Waals surface area (Å²) in [5, 5.41) is 3.37. The van der Waals surface area contributed by atoms with Crippen molar-refractivity contribution in [3.05, 3.63) is 0 Å². The SMILES string of the molecule is CCCCCCCCCC(NCC1CC1)C(=O)OC. The molecule has 0 amide bonds. The van der Waals surface area contributed by atoms with Gasteiger partial charge in [0.2, 0.25) is 0 Å². The Morgan fingerprint density at radius 3 is 2.37 bits per heavy atom. The average molecular weight is 269 g/mol. The molecule has 3 nitrogen and oxygen atoms in total. The van der Waals surface area contributed by atoms with Gasteiger partial charge in [-0.15, -0.1) is 0 Å². The maximum atomic E-state index is 11.7. The number of nitrogens with one attached hydrogen (secondary N) is 1. The van der Waals surface area contributed by atoms with E-state index in [1.54, 1.807) is 0 Å². The number of esters is 1. The van der Waals surface area contributed by atoms with Gasteiger partial charge in [0.15, 0.2) is 0 Å². The quantitative estimate of drug-likeness (QED) is 0.434. The largest absolute Gasteiger partial charge is 0.468 e. The highest BCUT2D eigenvalue weighted by Gasteiger charge is 2.24. The first-order valence-corrected chi connectivity index (χ1v) is 8.09. The molecular weight excluding hydrogens is 238 g/mol. The van der Waals surface area contributed by atoms with Gasteiger partial charge in [0, 0.05) is 0 Å². The van der Waals surface area contributed by atoms with Crippen LogP contribution in [-0.4, -0.2) is 25.7 Å². The lowest BCUT2D eigenvalue weighted by molar-refractivity contribution is -0.143. The van der Waals surface area contributed by atoms with Crippen molar-refractivity contribution in [2.24, 2.45) is 5.92 Å². The number of ether oxygens (including phenoxy) is 1. The number of carbonyl (C=O) groups excluding carboxylic acids is 1. The number of hydrogen-bond acceptors (Lipinski definition) is 3. The lowest BCUT2D eigenvalue weighted by Gasteiger charge is -2.16. The van der Waals surface area contributed by atoms with Crippen LogP contribution in [0.5, 0.6) is 0 Å². The molecule has 1 fully saturated rings. The van der Waals surface area contributed by atoms with E-state index in [1.807, 2.05) is 0 Å². The highest BCUT2D eigenvalue weighted by molar-refractivity contribution is 5.75. The Labute approximate surface area is 118 Å². The standard InChI is InChI=1S/C16H31NO2/c1-3-4-5-6-7-8-9-10-15(16(18)19-2)17-13-14-11-12-14/h14-15,17H,3-13H2,1-2H3. The highest BCUT2D eigenvalue weighted by Crippen LogP contribution is 2.27. The summed E-state index contributed by atoms with van der Waals surface area (Å²) in [6.45, 7) is 3.22. The van der Waals surface area contributed by atoms with Crippen LogP contribution in [0, 0.1) is 5.92 Å². The smallest absolute Gasteiger partial charge is 0.322 e. The number of methoxy groups -OCH3 is 1. The predicted octanol–water partition coefficient (Wildman–Crippen LogP) is 3.67. The van der Waals surface area contributed by atoms with Crippen LogP contribution in [0.1, 0.15) is 71.1 Å². The fourth-order valence-corrected chi connectivity index (χ4v) is 2.38. The van der Waals surface area contributed by atoms with Crippen molar-refractivity contribution in [1.82, 2.24) is 5.32 Å². The van der Waals surface area contributed by atoms with Crippen molar-refractivity contribution < 1.29 is 9.53 Å². The molecule has 0 saturated heterocycles. The van der Waals surface area contributed by atoms with Gasteiger partial charge in [-0.1, -0.05) is 51.9 Å². The van der Waals surface area contributed by atoms with Crippen LogP contribution in [0.4, 0.5) is 0 Å². The van der Waals surface area contributed by atoms with E-state index in [9.17, 15) is 4.79 Å². The zero-order valence-corrected chi connectivity index (χ0v) is 12.7. The molecule has 0 heterocycles. The second-order valence-electron chi connectivity index (χ2n) is 5.84. The van der Waals surface area contributed by atoms with Crippen LogP contribution < -0.4 is 5.32 Å². The van der Waals surface area contributed by atoms with Gasteiger partial charge < -0.3 is 10.1 Å². The molecule has 112 valence electrons. The van der Waals surface area contributed by atoms with Crippen LogP contribution in [0.2, 0.25) is 0 Å². The van der Waals surface area contributed by atoms with Gasteiger partial charge in [-0.2, -0.15) is 0 Å². The Kier molecular flexibility index (Phi) is 8.89. The molecule has 1 rings (SSSR count). The monoisotopic (exact) mass is 269 g/mol. The first kappa shape index (κ1) is 16.5. The zero-order valence-electron chi connectivity index (χ0n) is 12.7. The molecule has 0 aromatic carbocycles. The van der Waals surface area contributed by atoms with Crippen LogP contribution in [0.3, 0.4) is 0 Å². The minimum atomic E-state index is -0.0911. The van der Waals surface area contributed by atoms with E-state index in [2.05, 4.69) is 12.2 Å². The van der Waals surface area contributed by atoms with E-state index in [0.29, 0.717) is 0 Å². The summed E-state index contributed by atoms with van der Waals surface area (Å²) in [7, 11) is 1.49. The molecule has 0 spiro atoms. The van der Waals surface area contributed by atoms with Crippen LogP contribution in [-0.2, 0) is 9.53 Å². The fraction of sp³-hybridized carbons (Fsp3) is 0.938. The van der Waals surface area contributed by atoms with Gasteiger partial charge >= 0.3 is 5.97 Å². The highest BCUT2D eigenvalue weighted by atomic mass is 16.5. The minimum absolute atomic E-state index is 0.0822. The second kappa shape index (κ2) is 10.2. The topological polar surface area (TPSA) is 38.3 Å². The van der Waals surface area contributed by atoms with Crippen molar-refractivity contribution in [2.75, 3.05) is 13.7 Å². The second-order valence-corrected chi connectivity index (χ2v) is 5.84. The van der Waals surface area contributed by atoms with Crippen LogP contribution in [0.15, 0.2) is 0 Å². The predicted molar refractivity (Wildman–Crippen MR) is 79.1 cm³/mol. The molecule has 19 heavy (non-hydrogen) atoms. The number of carbonyl (C=O) groups is 1. The Balaban J connectivity index is 2.04. The molecule has 1 aliphatic rings. The van der Waals surface area contributed by atoms with E-state index in [4.69, 9.17) is 4.74 Å². The molecule has 3 heteroatoms. The van der Waals surface area contributed by atoms with E-state index < -0.39 is 0 Å². The summed E-state index contributed by atoms with van der Waals surface area (Å²) in [5.74, 6) is 0.716. The Bertz CT molecular complexity index is 239. The molecule has 0 aliphatic heterocycles. The molecule has 0 aromatic rings. The van der Waals surface area contributed by atoms with Gasteiger partial charge in [0.05, 0.1) is 7.11 Å². The summed E-state index contributed by atoms with van der Waals surface area (Å²) in [6, 6.07) is -0.0822. The van der Waals surface area contributed by atoms with Gasteiger partial charge in [0.1, 0.15) is 6.04 Å². The summed E-state index contributed by atoms with van der Waals surface area (Å²) < 4.78 is 4.87. The van der Waals surface area contributed by atoms with Gasteiger partial charge in [-0.3, -0.25) is 4.79 Å². The Morgan fingerprint density at radius 1 is 1.16 bits per heavy atom. The van der Waals surface area contributed by atoms with Crippen molar-refractivity contribution in [2.45, 2.75) is 77.2 Å². The average Bonchev–Trinajstić information content (AvgIpc) is 3.24. The zero-order chi connectivity index (χ0) is 13.9. The lowest BCUT2D eigenvalue weighted by Crippen LogP contribution is -2.38. The first-order valence-electron chi connectivity index (χ1n) is 8.09. The summed E-state index contributed by atoms with van der Waals surface area (Å²) in [4.78, 5) is 11.7. The number of rotatable bonds is 12. The van der Waals surface area contributed by atoms with E-state index in [1.165, 1.54) is 58.5 Å². The van der Waals surface area contributed by atoms with Crippen molar-refractivity contribution in [3.63, 3.8) is 0 Å². The molecule has 0 aromatic heterocycles. The van der Waals surface area contributed by atoms with E-state index >= 15 is 0 Å². The van der Waals surface area contributed by atoms with Gasteiger partial charge in [-0.25, -0.2) is 0 Å². The maximum absolute atomic E-state index is 11.7. The van der Waals surface area contributed by atoms with E-state index in [0.717, 1.165) is 25.3 Å². The summed E-state index contributed by atoms with van der Waals surface area (Å²) in [6.07, 6.45) is 12.6. The molecule has 1 saturated carbocycles. The fourth-order valence-electron chi connectivity index (χ4n) is 2.38. The van der Waals surface area contributed by atoms with Crippen LogP contribution >= 0.6 is 0 Å². The molecule has 1 N–H and O–H groups in total. The number of hydrogen-bond donors (Lipinski definition) is 1. The Hall–Kier alpha value is -0.570. The van der Waals surface area contributed by atoms with Crippen LogP contribution in [0.25, 0.3) is 0 Å². The van der Waals surface area contributed by atoms with E-state index in [-0.39, 0.29) is 12.0 Å².